The number of halogens is 4. The molecule has 0 fully saturated rings. The minimum atomic E-state index is -4.98. The Hall–Kier alpha value is -1.16. The lowest BCUT2D eigenvalue weighted by molar-refractivity contribution is -0.275. The molecule has 10 heteroatoms. The van der Waals surface area contributed by atoms with E-state index in [1.165, 1.54) is 12.1 Å². The highest BCUT2D eigenvalue weighted by molar-refractivity contribution is 7.90. The van der Waals surface area contributed by atoms with Crippen LogP contribution in [0.4, 0.5) is 13.2 Å². The molecule has 136 valence electrons. The number of benzene rings is 1. The molecule has 0 radical (unpaired) electrons. The maximum atomic E-state index is 12.6. The SMILES string of the molecule is CC(C)(C)[S@+]([O-])N[C@H](CC(=O)O)c1c(Cl)cccc1OC(F)(F)F. The molecule has 0 unspecified atom stereocenters. The average Bonchev–Trinajstić information content (AvgIpc) is 2.34. The fourth-order valence-corrected chi connectivity index (χ4v) is 2.86. The van der Waals surface area contributed by atoms with Crippen molar-refractivity contribution in [3.63, 3.8) is 0 Å². The van der Waals surface area contributed by atoms with Gasteiger partial charge < -0.3 is 14.4 Å². The van der Waals surface area contributed by atoms with Crippen molar-refractivity contribution < 1.29 is 32.4 Å². The summed E-state index contributed by atoms with van der Waals surface area (Å²) in [4.78, 5) is 11.1. The lowest BCUT2D eigenvalue weighted by atomic mass is 10.0. The van der Waals surface area contributed by atoms with Crippen LogP contribution in [0.1, 0.15) is 38.8 Å². The molecule has 0 aliphatic heterocycles. The molecule has 0 spiro atoms. The number of carboxylic acids is 1. The predicted molar refractivity (Wildman–Crippen MR) is 84.2 cm³/mol. The van der Waals surface area contributed by atoms with E-state index in [0.717, 1.165) is 6.07 Å². The third kappa shape index (κ3) is 6.39. The summed E-state index contributed by atoms with van der Waals surface area (Å²) in [5, 5.41) is 8.91. The van der Waals surface area contributed by atoms with Crippen LogP contribution in [0.25, 0.3) is 0 Å². The third-order valence-electron chi connectivity index (χ3n) is 2.77. The van der Waals surface area contributed by atoms with Crippen molar-refractivity contribution >= 4 is 28.9 Å². The number of nitrogens with one attached hydrogen (secondary N) is 1. The minimum Gasteiger partial charge on any atom is -0.598 e. The van der Waals surface area contributed by atoms with Crippen LogP contribution in [0.15, 0.2) is 18.2 Å². The van der Waals surface area contributed by atoms with Crippen molar-refractivity contribution in [2.45, 2.75) is 44.3 Å². The molecular formula is C14H17ClF3NO4S. The molecule has 0 amide bonds. The van der Waals surface area contributed by atoms with Gasteiger partial charge in [0, 0.05) is 21.9 Å². The van der Waals surface area contributed by atoms with E-state index < -0.39 is 46.7 Å². The van der Waals surface area contributed by atoms with Gasteiger partial charge in [-0.05, 0) is 32.9 Å². The molecule has 2 atom stereocenters. The van der Waals surface area contributed by atoms with E-state index in [9.17, 15) is 22.5 Å². The first-order valence-corrected chi connectivity index (χ1v) is 8.28. The highest BCUT2D eigenvalue weighted by atomic mass is 35.5. The number of hydrogen-bond acceptors (Lipinski definition) is 4. The topological polar surface area (TPSA) is 81.6 Å². The Balaban J connectivity index is 3.29. The summed E-state index contributed by atoms with van der Waals surface area (Å²) in [6, 6.07) is 2.33. The molecule has 0 aliphatic rings. The van der Waals surface area contributed by atoms with Crippen LogP contribution >= 0.6 is 11.6 Å². The number of carboxylic acid groups (broad SMARTS) is 1. The smallest absolute Gasteiger partial charge is 0.573 e. The Labute approximate surface area is 145 Å². The Morgan fingerprint density at radius 1 is 1.42 bits per heavy atom. The van der Waals surface area contributed by atoms with Gasteiger partial charge in [-0.15, -0.1) is 17.9 Å². The van der Waals surface area contributed by atoms with Crippen LogP contribution < -0.4 is 9.46 Å². The summed E-state index contributed by atoms with van der Waals surface area (Å²) in [6.07, 6.45) is -5.60. The Morgan fingerprint density at radius 2 is 2.00 bits per heavy atom. The lowest BCUT2D eigenvalue weighted by Crippen LogP contribution is -2.42. The Morgan fingerprint density at radius 3 is 2.46 bits per heavy atom. The van der Waals surface area contributed by atoms with Gasteiger partial charge in [-0.25, -0.2) is 0 Å². The van der Waals surface area contributed by atoms with Gasteiger partial charge >= 0.3 is 12.3 Å². The van der Waals surface area contributed by atoms with Crippen molar-refractivity contribution in [3.05, 3.63) is 28.8 Å². The first-order chi connectivity index (χ1) is 10.8. The quantitative estimate of drug-likeness (QED) is 0.725. The van der Waals surface area contributed by atoms with Crippen molar-refractivity contribution in [2.24, 2.45) is 0 Å². The van der Waals surface area contributed by atoms with Gasteiger partial charge in [0.2, 0.25) is 0 Å². The third-order valence-corrected chi connectivity index (χ3v) is 4.71. The van der Waals surface area contributed by atoms with Crippen LogP contribution in [0.2, 0.25) is 5.02 Å². The molecular weight excluding hydrogens is 371 g/mol. The van der Waals surface area contributed by atoms with Crippen molar-refractivity contribution in [1.29, 1.82) is 0 Å². The van der Waals surface area contributed by atoms with Gasteiger partial charge in [-0.1, -0.05) is 17.7 Å². The summed E-state index contributed by atoms with van der Waals surface area (Å²) >= 11 is 4.22. The predicted octanol–water partition coefficient (Wildman–Crippen LogP) is 3.81. The van der Waals surface area contributed by atoms with Gasteiger partial charge in [-0.3, -0.25) is 4.79 Å². The van der Waals surface area contributed by atoms with E-state index in [4.69, 9.17) is 16.7 Å². The number of alkyl halides is 3. The van der Waals surface area contributed by atoms with Crippen LogP contribution in [0.3, 0.4) is 0 Å². The molecule has 0 heterocycles. The molecule has 24 heavy (non-hydrogen) atoms. The molecule has 0 bridgehead atoms. The first-order valence-electron chi connectivity index (χ1n) is 6.75. The normalized spacial score (nSPS) is 15.0. The van der Waals surface area contributed by atoms with Gasteiger partial charge in [0.15, 0.2) is 0 Å². The van der Waals surface area contributed by atoms with Gasteiger partial charge in [0.05, 0.1) is 12.5 Å². The number of hydrogen-bond donors (Lipinski definition) is 2. The first kappa shape index (κ1) is 20.9. The Kier molecular flexibility index (Phi) is 6.80. The maximum absolute atomic E-state index is 12.6. The zero-order valence-electron chi connectivity index (χ0n) is 13.1. The standard InChI is InChI=1S/C14H17ClF3NO4S/c1-13(2,3)24(22)19-9(7-11(20)21)12-8(15)5-4-6-10(12)23-14(16,17)18/h4-6,9,19H,7H2,1-3H3,(H,20,21)/t9-,24+/m1/s1. The van der Waals surface area contributed by atoms with E-state index in [1.54, 1.807) is 20.8 Å². The fourth-order valence-electron chi connectivity index (χ4n) is 1.75. The van der Waals surface area contributed by atoms with E-state index in [-0.39, 0.29) is 10.6 Å². The molecule has 1 rings (SSSR count). The van der Waals surface area contributed by atoms with E-state index >= 15 is 0 Å². The average molecular weight is 388 g/mol. The van der Waals surface area contributed by atoms with Crippen LogP contribution in [0.5, 0.6) is 5.75 Å². The van der Waals surface area contributed by atoms with Gasteiger partial charge in [0.1, 0.15) is 10.5 Å². The molecule has 1 aromatic carbocycles. The highest BCUT2D eigenvalue weighted by Crippen LogP contribution is 2.37. The van der Waals surface area contributed by atoms with Crippen molar-refractivity contribution in [1.82, 2.24) is 4.72 Å². The fraction of sp³-hybridized carbons (Fsp3) is 0.500. The zero-order valence-corrected chi connectivity index (χ0v) is 14.7. The summed E-state index contributed by atoms with van der Waals surface area (Å²) < 4.78 is 55.6. The van der Waals surface area contributed by atoms with Crippen LogP contribution in [-0.2, 0) is 16.2 Å². The van der Waals surface area contributed by atoms with E-state index in [1.807, 2.05) is 0 Å². The molecule has 2 N–H and O–H groups in total. The number of ether oxygens (including phenoxy) is 1. The zero-order chi connectivity index (χ0) is 18.7. The highest BCUT2D eigenvalue weighted by Gasteiger charge is 2.36. The number of carbonyl (C=O) groups is 1. The van der Waals surface area contributed by atoms with Crippen molar-refractivity contribution in [2.75, 3.05) is 0 Å². The second-order valence-electron chi connectivity index (χ2n) is 5.85. The summed E-state index contributed by atoms with van der Waals surface area (Å²) in [5.74, 6) is -1.93. The second-order valence-corrected chi connectivity index (χ2v) is 8.25. The van der Waals surface area contributed by atoms with Crippen LogP contribution in [-0.4, -0.2) is 26.7 Å². The molecule has 0 aromatic heterocycles. The van der Waals surface area contributed by atoms with Gasteiger partial charge in [0.25, 0.3) is 0 Å². The molecule has 5 nitrogen and oxygen atoms in total. The lowest BCUT2D eigenvalue weighted by Gasteiger charge is -2.28. The van der Waals surface area contributed by atoms with Crippen LogP contribution in [0, 0.1) is 0 Å². The number of rotatable bonds is 6. The van der Waals surface area contributed by atoms with Crippen molar-refractivity contribution in [3.8, 4) is 5.75 Å². The molecule has 1 aromatic rings. The van der Waals surface area contributed by atoms with E-state index in [0.29, 0.717) is 0 Å². The molecule has 0 saturated heterocycles. The minimum absolute atomic E-state index is 0.124. The number of aliphatic carboxylic acids is 1. The summed E-state index contributed by atoms with van der Waals surface area (Å²) in [5.41, 5.74) is -0.212. The summed E-state index contributed by atoms with van der Waals surface area (Å²) in [7, 11) is 0. The monoisotopic (exact) mass is 387 g/mol. The second kappa shape index (κ2) is 7.81. The molecule has 0 saturated carbocycles. The largest absolute Gasteiger partial charge is 0.598 e. The Bertz CT molecular complexity index is 592. The summed E-state index contributed by atoms with van der Waals surface area (Å²) in [6.45, 7) is 4.90. The molecule has 0 aliphatic carbocycles. The van der Waals surface area contributed by atoms with Gasteiger partial charge in [-0.2, -0.15) is 0 Å². The van der Waals surface area contributed by atoms with E-state index in [2.05, 4.69) is 9.46 Å². The maximum Gasteiger partial charge on any atom is 0.573 e.